The lowest BCUT2D eigenvalue weighted by Gasteiger charge is -2.26. The number of carbonyl (C=O) groups excluding carboxylic acids is 1. The summed E-state index contributed by atoms with van der Waals surface area (Å²) in [6, 6.07) is 10.6. The number of imidazole rings is 1. The second kappa shape index (κ2) is 11.2. The minimum absolute atomic E-state index is 0.240. The molecule has 0 radical (unpaired) electrons. The Kier molecular flexibility index (Phi) is 7.80. The standard InChI is InChI=1S/C25H36N6O/c1-2-26-25(28-17-23-27-14-16-30(23)18-20-9-5-3-6-10-20)29-22-13-15-31(19-22)24(32)21-11-7-4-8-12-21/h3,5-6,9-10,14,16,21-22H,2,4,7-8,11-13,15,17-19H2,1H3,(H2,26,28,29). The highest BCUT2D eigenvalue weighted by Gasteiger charge is 2.31. The van der Waals surface area contributed by atoms with E-state index in [4.69, 9.17) is 4.99 Å². The van der Waals surface area contributed by atoms with Crippen LogP contribution in [0.2, 0.25) is 0 Å². The Morgan fingerprint density at radius 2 is 1.97 bits per heavy atom. The van der Waals surface area contributed by atoms with Crippen LogP contribution in [-0.4, -0.2) is 52.0 Å². The highest BCUT2D eigenvalue weighted by Crippen LogP contribution is 2.26. The van der Waals surface area contributed by atoms with Crippen LogP contribution in [0.4, 0.5) is 0 Å². The Morgan fingerprint density at radius 1 is 1.16 bits per heavy atom. The molecule has 1 saturated carbocycles. The van der Waals surface area contributed by atoms with Crippen molar-refractivity contribution >= 4 is 11.9 Å². The number of nitrogens with zero attached hydrogens (tertiary/aromatic N) is 4. The van der Waals surface area contributed by atoms with Crippen LogP contribution in [0, 0.1) is 5.92 Å². The van der Waals surface area contributed by atoms with Gasteiger partial charge in [0, 0.05) is 50.5 Å². The molecule has 2 N–H and O–H groups in total. The van der Waals surface area contributed by atoms with E-state index in [2.05, 4.69) is 56.3 Å². The van der Waals surface area contributed by atoms with Gasteiger partial charge in [-0.15, -0.1) is 0 Å². The van der Waals surface area contributed by atoms with Crippen molar-refractivity contribution < 1.29 is 4.79 Å². The van der Waals surface area contributed by atoms with Gasteiger partial charge in [-0.3, -0.25) is 4.79 Å². The van der Waals surface area contributed by atoms with E-state index < -0.39 is 0 Å². The predicted molar refractivity (Wildman–Crippen MR) is 127 cm³/mol. The molecule has 1 aromatic carbocycles. The van der Waals surface area contributed by atoms with E-state index in [1.54, 1.807) is 0 Å². The first-order valence-electron chi connectivity index (χ1n) is 12.1. The van der Waals surface area contributed by atoms with Crippen LogP contribution in [-0.2, 0) is 17.9 Å². The van der Waals surface area contributed by atoms with Crippen LogP contribution < -0.4 is 10.6 Å². The number of hydrogen-bond donors (Lipinski definition) is 2. The van der Waals surface area contributed by atoms with Crippen molar-refractivity contribution in [2.24, 2.45) is 10.9 Å². The lowest BCUT2D eigenvalue weighted by Crippen LogP contribution is -2.45. The fourth-order valence-electron chi connectivity index (χ4n) is 4.76. The highest BCUT2D eigenvalue weighted by atomic mass is 16.2. The van der Waals surface area contributed by atoms with Gasteiger partial charge in [0.25, 0.3) is 0 Å². The molecular formula is C25H36N6O. The lowest BCUT2D eigenvalue weighted by molar-refractivity contribution is -0.135. The third kappa shape index (κ3) is 5.90. The first-order chi connectivity index (χ1) is 15.7. The lowest BCUT2D eigenvalue weighted by atomic mass is 9.88. The second-order valence-corrected chi connectivity index (χ2v) is 8.90. The van der Waals surface area contributed by atoms with Gasteiger partial charge in [-0.1, -0.05) is 49.6 Å². The Morgan fingerprint density at radius 3 is 2.75 bits per heavy atom. The molecule has 1 amide bonds. The van der Waals surface area contributed by atoms with Crippen molar-refractivity contribution in [2.75, 3.05) is 19.6 Å². The molecule has 32 heavy (non-hydrogen) atoms. The zero-order valence-corrected chi connectivity index (χ0v) is 19.2. The van der Waals surface area contributed by atoms with Gasteiger partial charge in [-0.25, -0.2) is 9.98 Å². The summed E-state index contributed by atoms with van der Waals surface area (Å²) < 4.78 is 2.14. The van der Waals surface area contributed by atoms with Crippen LogP contribution in [0.25, 0.3) is 0 Å². The van der Waals surface area contributed by atoms with Crippen molar-refractivity contribution in [3.63, 3.8) is 0 Å². The number of guanidine groups is 1. The fraction of sp³-hybridized carbons (Fsp3) is 0.560. The van der Waals surface area contributed by atoms with Crippen LogP contribution >= 0.6 is 0 Å². The molecule has 2 heterocycles. The molecule has 1 aliphatic heterocycles. The number of rotatable bonds is 7. The van der Waals surface area contributed by atoms with Crippen molar-refractivity contribution in [1.82, 2.24) is 25.1 Å². The van der Waals surface area contributed by atoms with E-state index in [-0.39, 0.29) is 12.0 Å². The second-order valence-electron chi connectivity index (χ2n) is 8.90. The van der Waals surface area contributed by atoms with E-state index >= 15 is 0 Å². The molecule has 1 aliphatic carbocycles. The molecule has 0 bridgehead atoms. The minimum Gasteiger partial charge on any atom is -0.357 e. The van der Waals surface area contributed by atoms with E-state index in [9.17, 15) is 4.79 Å². The SMILES string of the molecule is CCNC(=NCc1nccn1Cc1ccccc1)NC1CCN(C(=O)C2CCCCC2)C1. The molecule has 172 valence electrons. The maximum absolute atomic E-state index is 12.9. The smallest absolute Gasteiger partial charge is 0.225 e. The predicted octanol–water partition coefficient (Wildman–Crippen LogP) is 3.17. The number of likely N-dealkylation sites (tertiary alicyclic amines) is 1. The van der Waals surface area contributed by atoms with Crippen LogP contribution in [0.15, 0.2) is 47.7 Å². The Bertz CT molecular complexity index is 887. The van der Waals surface area contributed by atoms with Crippen molar-refractivity contribution in [2.45, 2.75) is 64.6 Å². The summed E-state index contributed by atoms with van der Waals surface area (Å²) in [5, 5.41) is 6.89. The summed E-state index contributed by atoms with van der Waals surface area (Å²) >= 11 is 0. The minimum atomic E-state index is 0.240. The molecule has 4 rings (SSSR count). The van der Waals surface area contributed by atoms with Crippen molar-refractivity contribution in [1.29, 1.82) is 0 Å². The molecule has 1 aromatic heterocycles. The Balaban J connectivity index is 1.33. The van der Waals surface area contributed by atoms with Gasteiger partial charge in [0.15, 0.2) is 5.96 Å². The van der Waals surface area contributed by atoms with Gasteiger partial charge in [-0.2, -0.15) is 0 Å². The molecule has 1 atom stereocenters. The molecule has 1 unspecified atom stereocenters. The zero-order valence-electron chi connectivity index (χ0n) is 19.2. The number of aromatic nitrogens is 2. The summed E-state index contributed by atoms with van der Waals surface area (Å²) in [4.78, 5) is 24.2. The molecule has 2 fully saturated rings. The summed E-state index contributed by atoms with van der Waals surface area (Å²) in [7, 11) is 0. The van der Waals surface area contributed by atoms with Crippen LogP contribution in [0.3, 0.4) is 0 Å². The molecular weight excluding hydrogens is 400 g/mol. The number of amides is 1. The summed E-state index contributed by atoms with van der Waals surface area (Å²) in [5.41, 5.74) is 1.24. The van der Waals surface area contributed by atoms with E-state index in [0.717, 1.165) is 57.2 Å². The number of carbonyl (C=O) groups is 1. The van der Waals surface area contributed by atoms with Crippen LogP contribution in [0.5, 0.6) is 0 Å². The van der Waals surface area contributed by atoms with E-state index in [1.165, 1.54) is 24.8 Å². The third-order valence-corrected chi connectivity index (χ3v) is 6.52. The molecule has 2 aliphatic rings. The topological polar surface area (TPSA) is 74.6 Å². The number of nitrogens with one attached hydrogen (secondary N) is 2. The summed E-state index contributed by atoms with van der Waals surface area (Å²) in [6.45, 7) is 5.77. The average molecular weight is 437 g/mol. The summed E-state index contributed by atoms with van der Waals surface area (Å²) in [5.74, 6) is 2.33. The third-order valence-electron chi connectivity index (χ3n) is 6.52. The van der Waals surface area contributed by atoms with Gasteiger partial charge >= 0.3 is 0 Å². The van der Waals surface area contributed by atoms with Gasteiger partial charge in [0.05, 0.1) is 0 Å². The van der Waals surface area contributed by atoms with Gasteiger partial charge < -0.3 is 20.1 Å². The number of benzene rings is 1. The van der Waals surface area contributed by atoms with Crippen molar-refractivity contribution in [3.8, 4) is 0 Å². The summed E-state index contributed by atoms with van der Waals surface area (Å²) in [6.07, 6.45) is 10.6. The first kappa shape index (κ1) is 22.4. The Hall–Kier alpha value is -2.83. The highest BCUT2D eigenvalue weighted by molar-refractivity contribution is 5.81. The normalized spacial score (nSPS) is 19.8. The maximum Gasteiger partial charge on any atom is 0.225 e. The van der Waals surface area contributed by atoms with Gasteiger partial charge in [0.2, 0.25) is 5.91 Å². The maximum atomic E-state index is 12.9. The first-order valence-corrected chi connectivity index (χ1v) is 12.1. The zero-order chi connectivity index (χ0) is 22.2. The molecule has 0 spiro atoms. The van der Waals surface area contributed by atoms with Gasteiger partial charge in [-0.05, 0) is 31.7 Å². The molecule has 7 nitrogen and oxygen atoms in total. The van der Waals surface area contributed by atoms with Crippen LogP contribution in [0.1, 0.15) is 56.8 Å². The Labute approximate surface area is 191 Å². The van der Waals surface area contributed by atoms with E-state index in [1.807, 2.05) is 18.5 Å². The molecule has 2 aromatic rings. The average Bonchev–Trinajstić information content (AvgIpc) is 3.48. The van der Waals surface area contributed by atoms with Gasteiger partial charge in [0.1, 0.15) is 12.4 Å². The monoisotopic (exact) mass is 436 g/mol. The quantitative estimate of drug-likeness (QED) is 0.516. The number of aliphatic imine (C=N–C) groups is 1. The largest absolute Gasteiger partial charge is 0.357 e. The van der Waals surface area contributed by atoms with Crippen molar-refractivity contribution in [3.05, 3.63) is 54.1 Å². The number of hydrogen-bond acceptors (Lipinski definition) is 3. The molecule has 1 saturated heterocycles. The fourth-order valence-corrected chi connectivity index (χ4v) is 4.76. The van der Waals surface area contributed by atoms with E-state index in [0.29, 0.717) is 12.5 Å². The molecule has 7 heteroatoms.